The van der Waals surface area contributed by atoms with Gasteiger partial charge in [0.2, 0.25) is 11.8 Å². The van der Waals surface area contributed by atoms with Crippen molar-refractivity contribution >= 4 is 29.0 Å². The van der Waals surface area contributed by atoms with Gasteiger partial charge in [-0.1, -0.05) is 0 Å². The van der Waals surface area contributed by atoms with Gasteiger partial charge < -0.3 is 16.0 Å². The van der Waals surface area contributed by atoms with E-state index >= 15 is 0 Å². The van der Waals surface area contributed by atoms with Crippen molar-refractivity contribution in [2.45, 2.75) is 39.5 Å². The van der Waals surface area contributed by atoms with Gasteiger partial charge in [0.05, 0.1) is 24.0 Å². The summed E-state index contributed by atoms with van der Waals surface area (Å²) in [6.45, 7) is 5.18. The molecule has 0 saturated carbocycles. The number of aromatic nitrogens is 4. The second-order valence-electron chi connectivity index (χ2n) is 8.31. The van der Waals surface area contributed by atoms with Gasteiger partial charge in [-0.2, -0.15) is 10.4 Å². The molecule has 1 aliphatic heterocycles. The fourth-order valence-electron chi connectivity index (χ4n) is 4.28. The number of hydrogen-bond acceptors (Lipinski definition) is 7. The minimum atomic E-state index is -0.276. The van der Waals surface area contributed by atoms with Gasteiger partial charge in [0.1, 0.15) is 17.5 Å². The number of hydrogen-bond donors (Lipinski definition) is 2. The van der Waals surface area contributed by atoms with Crippen LogP contribution in [0.5, 0.6) is 0 Å². The van der Waals surface area contributed by atoms with E-state index < -0.39 is 0 Å². The van der Waals surface area contributed by atoms with Crippen molar-refractivity contribution in [3.63, 3.8) is 0 Å². The first kappa shape index (κ1) is 22.2. The van der Waals surface area contributed by atoms with Crippen LogP contribution in [0.4, 0.5) is 11.5 Å². The van der Waals surface area contributed by atoms with Crippen LogP contribution in [-0.2, 0) is 16.0 Å². The second-order valence-corrected chi connectivity index (χ2v) is 8.31. The Morgan fingerprint density at radius 1 is 1.30 bits per heavy atom. The number of piperidine rings is 1. The molecule has 0 spiro atoms. The summed E-state index contributed by atoms with van der Waals surface area (Å²) < 4.78 is 1.64. The molecule has 4 heterocycles. The van der Waals surface area contributed by atoms with E-state index in [4.69, 9.17) is 5.73 Å². The topological polar surface area (TPSA) is 142 Å². The van der Waals surface area contributed by atoms with Crippen LogP contribution in [-0.4, -0.2) is 44.5 Å². The van der Waals surface area contributed by atoms with Gasteiger partial charge in [-0.15, -0.1) is 0 Å². The summed E-state index contributed by atoms with van der Waals surface area (Å²) >= 11 is 0. The lowest BCUT2D eigenvalue weighted by Gasteiger charge is -2.32. The van der Waals surface area contributed by atoms with Crippen LogP contribution in [0.15, 0.2) is 24.5 Å². The molecule has 0 aromatic carbocycles. The molecule has 0 aliphatic carbocycles. The van der Waals surface area contributed by atoms with Crippen LogP contribution in [0.2, 0.25) is 0 Å². The molecule has 3 aromatic heterocycles. The Morgan fingerprint density at radius 2 is 2.12 bits per heavy atom. The Bertz CT molecular complexity index is 1240. The zero-order valence-corrected chi connectivity index (χ0v) is 18.7. The number of nitrogens with zero attached hydrogens (tertiary/aromatic N) is 6. The van der Waals surface area contributed by atoms with Crippen molar-refractivity contribution in [1.82, 2.24) is 19.6 Å². The van der Waals surface area contributed by atoms with Crippen LogP contribution in [0, 0.1) is 31.1 Å². The smallest absolute Gasteiger partial charge is 0.224 e. The normalized spacial score (nSPS) is 15.9. The van der Waals surface area contributed by atoms with E-state index in [0.29, 0.717) is 29.9 Å². The van der Waals surface area contributed by atoms with E-state index in [0.717, 1.165) is 42.2 Å². The quantitative estimate of drug-likeness (QED) is 0.588. The molecular weight excluding hydrogens is 420 g/mol. The molecule has 1 unspecified atom stereocenters. The third-order valence-electron chi connectivity index (χ3n) is 6.11. The van der Waals surface area contributed by atoms with Gasteiger partial charge in [-0.25, -0.2) is 14.5 Å². The molecule has 1 atom stereocenters. The monoisotopic (exact) mass is 446 g/mol. The minimum absolute atomic E-state index is 0.131. The Balaban J connectivity index is 1.38. The molecular formula is C23H26N8O2. The standard InChI is InChI=1S/C23H26N8O2/c1-14-19(15(2)31-23(28-14)17(10-24)11-27-31)6-8-21(32)29-18-5-7-20(26-12-18)30-9-3-4-16(13-30)22(25)33/h5,7,11-12,16H,3-4,6,8-9,13H2,1-2H3,(H2,25,33)(H,29,32). The average Bonchev–Trinajstić information content (AvgIpc) is 3.22. The van der Waals surface area contributed by atoms with Crippen LogP contribution in [0.25, 0.3) is 5.65 Å². The molecule has 170 valence electrons. The third-order valence-corrected chi connectivity index (χ3v) is 6.11. The number of nitrogens with one attached hydrogen (secondary N) is 1. The highest BCUT2D eigenvalue weighted by atomic mass is 16.2. The first-order valence-electron chi connectivity index (χ1n) is 10.9. The summed E-state index contributed by atoms with van der Waals surface area (Å²) in [5, 5.41) is 16.3. The SMILES string of the molecule is Cc1nc2c(C#N)cnn2c(C)c1CCC(=O)Nc1ccc(N2CCCC(C(N)=O)C2)nc1. The minimum Gasteiger partial charge on any atom is -0.369 e. The van der Waals surface area contributed by atoms with Crippen molar-refractivity contribution in [3.05, 3.63) is 47.0 Å². The average molecular weight is 447 g/mol. The fourth-order valence-corrected chi connectivity index (χ4v) is 4.28. The first-order valence-corrected chi connectivity index (χ1v) is 10.9. The van der Waals surface area contributed by atoms with Gasteiger partial charge in [0.15, 0.2) is 5.65 Å². The van der Waals surface area contributed by atoms with Crippen LogP contribution >= 0.6 is 0 Å². The Hall–Kier alpha value is -4.00. The molecule has 4 rings (SSSR count). The molecule has 0 bridgehead atoms. The van der Waals surface area contributed by atoms with E-state index in [1.54, 1.807) is 10.7 Å². The Labute approximate surface area is 191 Å². The van der Waals surface area contributed by atoms with Crippen LogP contribution in [0.1, 0.15) is 41.8 Å². The molecule has 3 aromatic rings. The highest BCUT2D eigenvalue weighted by molar-refractivity contribution is 5.90. The van der Waals surface area contributed by atoms with E-state index in [-0.39, 0.29) is 24.2 Å². The predicted octanol–water partition coefficient (Wildman–Crippen LogP) is 1.89. The number of amides is 2. The van der Waals surface area contributed by atoms with Gasteiger partial charge >= 0.3 is 0 Å². The molecule has 0 radical (unpaired) electrons. The van der Waals surface area contributed by atoms with Crippen molar-refractivity contribution < 1.29 is 9.59 Å². The summed E-state index contributed by atoms with van der Waals surface area (Å²) in [5.74, 6) is 0.198. The molecule has 33 heavy (non-hydrogen) atoms. The summed E-state index contributed by atoms with van der Waals surface area (Å²) in [6, 6.07) is 5.75. The number of fused-ring (bicyclic) bond motifs is 1. The van der Waals surface area contributed by atoms with E-state index in [2.05, 4.69) is 26.5 Å². The van der Waals surface area contributed by atoms with Gasteiger partial charge in [-0.05, 0) is 50.8 Å². The lowest BCUT2D eigenvalue weighted by molar-refractivity contribution is -0.122. The number of carbonyl (C=O) groups excluding carboxylic acids is 2. The number of rotatable bonds is 6. The number of carbonyl (C=O) groups is 2. The molecule has 1 saturated heterocycles. The first-order chi connectivity index (χ1) is 15.9. The number of aryl methyl sites for hydroxylation is 2. The van der Waals surface area contributed by atoms with Crippen LogP contribution in [0.3, 0.4) is 0 Å². The maximum Gasteiger partial charge on any atom is 0.224 e. The third kappa shape index (κ3) is 4.62. The maximum absolute atomic E-state index is 12.5. The zero-order chi connectivity index (χ0) is 23.5. The van der Waals surface area contributed by atoms with E-state index in [9.17, 15) is 14.9 Å². The number of pyridine rings is 1. The lowest BCUT2D eigenvalue weighted by atomic mass is 9.97. The predicted molar refractivity (Wildman–Crippen MR) is 122 cm³/mol. The number of nitrogens with two attached hydrogens (primary N) is 1. The highest BCUT2D eigenvalue weighted by Crippen LogP contribution is 2.23. The summed E-state index contributed by atoms with van der Waals surface area (Å²) in [6.07, 6.45) is 5.60. The summed E-state index contributed by atoms with van der Waals surface area (Å²) in [5.41, 5.74) is 9.61. The van der Waals surface area contributed by atoms with Gasteiger partial charge in [0.25, 0.3) is 0 Å². The van der Waals surface area contributed by atoms with E-state index in [1.165, 1.54) is 6.20 Å². The number of anilines is 2. The second kappa shape index (κ2) is 9.24. The highest BCUT2D eigenvalue weighted by Gasteiger charge is 2.24. The zero-order valence-electron chi connectivity index (χ0n) is 18.7. The van der Waals surface area contributed by atoms with Crippen molar-refractivity contribution in [2.24, 2.45) is 11.7 Å². The largest absolute Gasteiger partial charge is 0.369 e. The van der Waals surface area contributed by atoms with Crippen LogP contribution < -0.4 is 16.0 Å². The molecule has 10 nitrogen and oxygen atoms in total. The van der Waals surface area contributed by atoms with Crippen molar-refractivity contribution in [3.8, 4) is 6.07 Å². The van der Waals surface area contributed by atoms with E-state index in [1.807, 2.05) is 30.9 Å². The Morgan fingerprint density at radius 3 is 2.82 bits per heavy atom. The lowest BCUT2D eigenvalue weighted by Crippen LogP contribution is -2.41. The number of nitriles is 1. The summed E-state index contributed by atoms with van der Waals surface area (Å²) in [7, 11) is 0. The Kier molecular flexibility index (Phi) is 6.22. The summed E-state index contributed by atoms with van der Waals surface area (Å²) in [4.78, 5) is 35.0. The van der Waals surface area contributed by atoms with Gasteiger partial charge in [-0.3, -0.25) is 9.59 Å². The van der Waals surface area contributed by atoms with Crippen molar-refractivity contribution in [2.75, 3.05) is 23.3 Å². The van der Waals surface area contributed by atoms with Crippen molar-refractivity contribution in [1.29, 1.82) is 5.26 Å². The molecule has 1 fully saturated rings. The molecule has 10 heteroatoms. The number of primary amides is 1. The maximum atomic E-state index is 12.5. The molecule has 3 N–H and O–H groups in total. The molecule has 1 aliphatic rings. The fraction of sp³-hybridized carbons (Fsp3) is 0.391. The molecule has 2 amide bonds. The van der Waals surface area contributed by atoms with Gasteiger partial charge in [0, 0.05) is 30.9 Å².